The van der Waals surface area contributed by atoms with Gasteiger partial charge in [-0.25, -0.2) is 0 Å². The first-order chi connectivity index (χ1) is 9.49. The Morgan fingerprint density at radius 3 is 2.90 bits per heavy atom. The van der Waals surface area contributed by atoms with E-state index in [-0.39, 0.29) is 11.8 Å². The van der Waals surface area contributed by atoms with E-state index in [9.17, 15) is 9.59 Å². The summed E-state index contributed by atoms with van der Waals surface area (Å²) in [5, 5.41) is 3.92. The van der Waals surface area contributed by atoms with Crippen molar-refractivity contribution in [3.05, 3.63) is 16.0 Å². The van der Waals surface area contributed by atoms with Gasteiger partial charge in [0.05, 0.1) is 5.56 Å². The van der Waals surface area contributed by atoms with Crippen LogP contribution in [-0.2, 0) is 17.8 Å². The molecule has 0 spiro atoms. The molecule has 1 atom stereocenters. The number of anilines is 1. The van der Waals surface area contributed by atoms with Crippen LogP contribution in [0.5, 0.6) is 0 Å². The highest BCUT2D eigenvalue weighted by Crippen LogP contribution is 2.46. The fourth-order valence-electron chi connectivity index (χ4n) is 3.52. The van der Waals surface area contributed by atoms with Gasteiger partial charge in [0.15, 0.2) is 0 Å². The number of likely N-dealkylation sites (N-methyl/N-ethyl adjacent to an activating group) is 1. The number of amides is 2. The van der Waals surface area contributed by atoms with Crippen LogP contribution in [0.4, 0.5) is 5.00 Å². The molecule has 1 unspecified atom stereocenters. The van der Waals surface area contributed by atoms with Gasteiger partial charge in [0.25, 0.3) is 5.91 Å². The molecule has 3 aliphatic rings. The van der Waals surface area contributed by atoms with Gasteiger partial charge in [0.1, 0.15) is 10.7 Å². The van der Waals surface area contributed by atoms with Gasteiger partial charge in [0.2, 0.25) is 5.91 Å². The van der Waals surface area contributed by atoms with Gasteiger partial charge in [-0.1, -0.05) is 0 Å². The van der Waals surface area contributed by atoms with E-state index < -0.39 is 5.66 Å². The van der Waals surface area contributed by atoms with Crippen molar-refractivity contribution in [1.82, 2.24) is 10.2 Å². The zero-order valence-electron chi connectivity index (χ0n) is 11.7. The Morgan fingerprint density at radius 1 is 1.30 bits per heavy atom. The van der Waals surface area contributed by atoms with E-state index in [1.165, 1.54) is 4.88 Å². The minimum Gasteiger partial charge on any atom is -0.329 e. The maximum absolute atomic E-state index is 12.5. The van der Waals surface area contributed by atoms with Crippen molar-refractivity contribution >= 4 is 28.2 Å². The molecule has 1 aromatic rings. The molecule has 0 bridgehead atoms. The normalized spacial score (nSPS) is 29.0. The largest absolute Gasteiger partial charge is 0.329 e. The fraction of sp³-hybridized carbons (Fsp3) is 0.571. The quantitative estimate of drug-likeness (QED) is 0.784. The molecule has 6 heteroatoms. The van der Waals surface area contributed by atoms with Crippen molar-refractivity contribution in [2.75, 3.05) is 18.5 Å². The molecule has 0 aliphatic carbocycles. The molecule has 0 aromatic carbocycles. The molecule has 106 valence electrons. The predicted octanol–water partition coefficient (Wildman–Crippen LogP) is 1.32. The second-order valence-electron chi connectivity index (χ2n) is 6.13. The lowest BCUT2D eigenvalue weighted by Crippen LogP contribution is -2.59. The van der Waals surface area contributed by atoms with Gasteiger partial charge in [-0.3, -0.25) is 14.5 Å². The third-order valence-corrected chi connectivity index (χ3v) is 5.81. The van der Waals surface area contributed by atoms with Crippen LogP contribution in [-0.4, -0.2) is 36.0 Å². The summed E-state index contributed by atoms with van der Waals surface area (Å²) in [6, 6.07) is 0. The third-order valence-electron chi connectivity index (χ3n) is 4.61. The van der Waals surface area contributed by atoms with Crippen molar-refractivity contribution < 1.29 is 9.59 Å². The highest BCUT2D eigenvalue weighted by atomic mass is 32.1. The Morgan fingerprint density at radius 2 is 2.10 bits per heavy atom. The number of nitrogens with zero attached hydrogens (tertiary/aromatic N) is 2. The fourth-order valence-corrected chi connectivity index (χ4v) is 5.08. The topological polar surface area (TPSA) is 52.7 Å². The smallest absolute Gasteiger partial charge is 0.256 e. The van der Waals surface area contributed by atoms with Crippen LogP contribution in [0.1, 0.15) is 40.6 Å². The lowest BCUT2D eigenvalue weighted by molar-refractivity contribution is -0.117. The molecule has 1 aromatic heterocycles. The maximum Gasteiger partial charge on any atom is 0.256 e. The van der Waals surface area contributed by atoms with Crippen LogP contribution in [0.25, 0.3) is 0 Å². The molecular formula is C14H17N3O2S. The molecule has 0 radical (unpaired) electrons. The zero-order chi connectivity index (χ0) is 14.1. The molecule has 1 saturated heterocycles. The second-order valence-corrected chi connectivity index (χ2v) is 7.21. The number of nitrogens with one attached hydrogen (secondary N) is 1. The molecular weight excluding hydrogens is 274 g/mol. The molecule has 20 heavy (non-hydrogen) atoms. The Labute approximate surface area is 121 Å². The highest BCUT2D eigenvalue weighted by molar-refractivity contribution is 7.17. The Bertz CT molecular complexity index is 639. The number of carbonyl (C=O) groups is 2. The van der Waals surface area contributed by atoms with Crippen LogP contribution in [0.3, 0.4) is 0 Å². The molecule has 4 rings (SSSR count). The average molecular weight is 291 g/mol. The predicted molar refractivity (Wildman–Crippen MR) is 76.9 cm³/mol. The van der Waals surface area contributed by atoms with E-state index >= 15 is 0 Å². The van der Waals surface area contributed by atoms with Crippen LogP contribution >= 0.6 is 11.3 Å². The van der Waals surface area contributed by atoms with E-state index in [4.69, 9.17) is 0 Å². The monoisotopic (exact) mass is 291 g/mol. The minimum absolute atomic E-state index is 0.00416. The van der Waals surface area contributed by atoms with E-state index in [1.54, 1.807) is 11.3 Å². The summed E-state index contributed by atoms with van der Waals surface area (Å²) in [4.78, 5) is 30.1. The number of carbonyl (C=O) groups excluding carboxylic acids is 2. The maximum atomic E-state index is 12.5. The van der Waals surface area contributed by atoms with Gasteiger partial charge in [0, 0.05) is 24.4 Å². The number of rotatable bonds is 0. The third kappa shape index (κ3) is 1.46. The number of fused-ring (bicyclic) bond motifs is 5. The highest BCUT2D eigenvalue weighted by Gasteiger charge is 2.50. The first kappa shape index (κ1) is 12.3. The average Bonchev–Trinajstić information content (AvgIpc) is 2.87. The van der Waals surface area contributed by atoms with Crippen molar-refractivity contribution in [1.29, 1.82) is 0 Å². The van der Waals surface area contributed by atoms with Crippen molar-refractivity contribution in [2.45, 2.75) is 38.4 Å². The van der Waals surface area contributed by atoms with Gasteiger partial charge < -0.3 is 10.2 Å². The summed E-state index contributed by atoms with van der Waals surface area (Å²) >= 11 is 1.63. The number of thiophene rings is 1. The lowest BCUT2D eigenvalue weighted by atomic mass is 9.98. The summed E-state index contributed by atoms with van der Waals surface area (Å²) < 4.78 is 0. The zero-order valence-corrected chi connectivity index (χ0v) is 12.5. The molecule has 4 heterocycles. The molecule has 3 aliphatic heterocycles. The van der Waals surface area contributed by atoms with E-state index in [0.717, 1.165) is 35.6 Å². The van der Waals surface area contributed by atoms with Gasteiger partial charge in [-0.2, -0.15) is 0 Å². The van der Waals surface area contributed by atoms with Crippen LogP contribution < -0.4 is 10.2 Å². The summed E-state index contributed by atoms with van der Waals surface area (Å²) in [6.07, 6.45) is 2.10. The molecule has 1 N–H and O–H groups in total. The first-order valence-corrected chi connectivity index (χ1v) is 7.80. The van der Waals surface area contributed by atoms with Crippen molar-refractivity contribution in [2.24, 2.45) is 0 Å². The summed E-state index contributed by atoms with van der Waals surface area (Å²) in [6.45, 7) is 3.79. The minimum atomic E-state index is -0.527. The van der Waals surface area contributed by atoms with Gasteiger partial charge >= 0.3 is 0 Å². The second kappa shape index (κ2) is 3.83. The lowest BCUT2D eigenvalue weighted by Gasteiger charge is -2.39. The number of hydrogen-bond donors (Lipinski definition) is 1. The van der Waals surface area contributed by atoms with Gasteiger partial charge in [-0.05, 0) is 32.4 Å². The SMILES string of the molecule is CN1CCc2c(sc3c2C(=O)NC2(C)CCC(=O)N32)C1. The summed E-state index contributed by atoms with van der Waals surface area (Å²) in [5.41, 5.74) is 1.38. The molecule has 1 fully saturated rings. The van der Waals surface area contributed by atoms with Crippen LogP contribution in [0, 0.1) is 0 Å². The number of hydrogen-bond acceptors (Lipinski definition) is 4. The van der Waals surface area contributed by atoms with Gasteiger partial charge in [-0.15, -0.1) is 11.3 Å². The Balaban J connectivity index is 1.91. The summed E-state index contributed by atoms with van der Waals surface area (Å²) in [7, 11) is 2.09. The van der Waals surface area contributed by atoms with Crippen molar-refractivity contribution in [3.63, 3.8) is 0 Å². The first-order valence-electron chi connectivity index (χ1n) is 6.98. The van der Waals surface area contributed by atoms with E-state index in [2.05, 4.69) is 17.3 Å². The Hall–Kier alpha value is -1.40. The molecule has 5 nitrogen and oxygen atoms in total. The Kier molecular flexibility index (Phi) is 2.36. The van der Waals surface area contributed by atoms with E-state index in [0.29, 0.717) is 12.8 Å². The molecule has 0 saturated carbocycles. The molecule has 2 amide bonds. The van der Waals surface area contributed by atoms with Crippen LogP contribution in [0.2, 0.25) is 0 Å². The van der Waals surface area contributed by atoms with E-state index in [1.807, 2.05) is 11.8 Å². The van der Waals surface area contributed by atoms with Crippen LogP contribution in [0.15, 0.2) is 0 Å². The summed E-state index contributed by atoms with van der Waals surface area (Å²) in [5.74, 6) is 0.121. The van der Waals surface area contributed by atoms with Crippen molar-refractivity contribution in [3.8, 4) is 0 Å². The standard InChI is InChI=1S/C14H17N3O2S/c1-14-5-3-10(18)17(14)13-11(12(19)15-14)8-4-6-16(2)7-9(8)20-13/h3-7H2,1-2H3,(H,15,19).